The summed E-state index contributed by atoms with van der Waals surface area (Å²) < 4.78 is 5.36. The first-order valence-corrected chi connectivity index (χ1v) is 6.47. The number of rotatable bonds is 7. The van der Waals surface area contributed by atoms with Gasteiger partial charge in [-0.1, -0.05) is 45.0 Å². The highest BCUT2D eigenvalue weighted by molar-refractivity contribution is 5.74. The summed E-state index contributed by atoms with van der Waals surface area (Å²) in [4.78, 5) is 11.1. The highest BCUT2D eigenvalue weighted by Crippen LogP contribution is 2.19. The van der Waals surface area contributed by atoms with Gasteiger partial charge in [-0.3, -0.25) is 0 Å². The van der Waals surface area contributed by atoms with Crippen molar-refractivity contribution in [3.8, 4) is 0 Å². The molecule has 0 aromatic heterocycles. The number of hydrogen-bond donors (Lipinski definition) is 1. The van der Waals surface area contributed by atoms with Gasteiger partial charge in [-0.2, -0.15) is 0 Å². The van der Waals surface area contributed by atoms with E-state index in [1.54, 1.807) is 0 Å². The van der Waals surface area contributed by atoms with Crippen molar-refractivity contribution in [3.63, 3.8) is 0 Å². The van der Waals surface area contributed by atoms with Crippen molar-refractivity contribution < 1.29 is 14.6 Å². The molecule has 0 aliphatic carbocycles. The molecule has 0 radical (unpaired) electrons. The lowest BCUT2D eigenvalue weighted by Crippen LogP contribution is -2.15. The number of hydrogen-bond acceptors (Lipinski definition) is 2. The van der Waals surface area contributed by atoms with Crippen LogP contribution in [0.3, 0.4) is 0 Å². The van der Waals surface area contributed by atoms with Gasteiger partial charge in [0.2, 0.25) is 0 Å². The normalized spacial score (nSPS) is 12.7. The lowest BCUT2D eigenvalue weighted by Gasteiger charge is -2.14. The van der Waals surface area contributed by atoms with Crippen molar-refractivity contribution in [2.45, 2.75) is 39.7 Å². The molecule has 3 nitrogen and oxygen atoms in total. The Balaban J connectivity index is 2.77. The summed E-state index contributed by atoms with van der Waals surface area (Å²) in [5, 5.41) is 9.14. The molecule has 0 saturated heterocycles. The van der Waals surface area contributed by atoms with E-state index in [1.807, 2.05) is 31.2 Å². The number of ether oxygens (including phenoxy) is 1. The molecular formula is C15H22O3. The van der Waals surface area contributed by atoms with E-state index < -0.39 is 12.1 Å². The standard InChI is InChI=1S/C15H22O3/c1-4-9-18-14(15(16)17)13-7-5-12(6-8-13)10-11(2)3/h5-8,11,14H,4,9-10H2,1-3H3,(H,16,17). The number of aliphatic carboxylic acids is 1. The second-order valence-corrected chi connectivity index (χ2v) is 4.93. The minimum atomic E-state index is -0.931. The molecule has 18 heavy (non-hydrogen) atoms. The zero-order valence-electron chi connectivity index (χ0n) is 11.3. The lowest BCUT2D eigenvalue weighted by atomic mass is 10.0. The average Bonchev–Trinajstić information content (AvgIpc) is 2.30. The van der Waals surface area contributed by atoms with Crippen LogP contribution in [0.15, 0.2) is 24.3 Å². The van der Waals surface area contributed by atoms with Gasteiger partial charge >= 0.3 is 5.97 Å². The first-order chi connectivity index (χ1) is 8.54. The van der Waals surface area contributed by atoms with E-state index in [0.717, 1.165) is 12.8 Å². The Morgan fingerprint density at radius 3 is 2.33 bits per heavy atom. The largest absolute Gasteiger partial charge is 0.479 e. The van der Waals surface area contributed by atoms with E-state index in [4.69, 9.17) is 9.84 Å². The maximum absolute atomic E-state index is 11.1. The van der Waals surface area contributed by atoms with Gasteiger partial charge in [-0.05, 0) is 29.9 Å². The minimum Gasteiger partial charge on any atom is -0.479 e. The molecule has 1 N–H and O–H groups in total. The zero-order chi connectivity index (χ0) is 13.5. The Morgan fingerprint density at radius 2 is 1.89 bits per heavy atom. The summed E-state index contributed by atoms with van der Waals surface area (Å²) in [6.07, 6.45) is 0.973. The van der Waals surface area contributed by atoms with Crippen LogP contribution < -0.4 is 0 Å². The number of benzene rings is 1. The Labute approximate surface area is 109 Å². The Morgan fingerprint density at radius 1 is 1.28 bits per heavy atom. The maximum Gasteiger partial charge on any atom is 0.337 e. The van der Waals surface area contributed by atoms with Crippen LogP contribution in [0.1, 0.15) is 44.4 Å². The van der Waals surface area contributed by atoms with E-state index in [-0.39, 0.29) is 0 Å². The molecule has 3 heteroatoms. The Bertz CT molecular complexity index is 368. The van der Waals surface area contributed by atoms with E-state index >= 15 is 0 Å². The molecule has 1 rings (SSSR count). The summed E-state index contributed by atoms with van der Waals surface area (Å²) in [6.45, 7) is 6.76. The van der Waals surface area contributed by atoms with Crippen molar-refractivity contribution in [3.05, 3.63) is 35.4 Å². The number of carboxylic acid groups (broad SMARTS) is 1. The highest BCUT2D eigenvalue weighted by Gasteiger charge is 2.19. The molecule has 0 heterocycles. The third-order valence-electron chi connectivity index (χ3n) is 2.64. The van der Waals surface area contributed by atoms with Crippen LogP contribution in [0.25, 0.3) is 0 Å². The molecule has 0 spiro atoms. The van der Waals surface area contributed by atoms with Crippen LogP contribution in [0.5, 0.6) is 0 Å². The SMILES string of the molecule is CCCOC(C(=O)O)c1ccc(CC(C)C)cc1. The van der Waals surface area contributed by atoms with Crippen molar-refractivity contribution in [2.24, 2.45) is 5.92 Å². The second-order valence-electron chi connectivity index (χ2n) is 4.93. The van der Waals surface area contributed by atoms with Crippen molar-refractivity contribution in [2.75, 3.05) is 6.61 Å². The van der Waals surface area contributed by atoms with Gasteiger partial charge in [0.05, 0.1) is 0 Å². The quantitative estimate of drug-likeness (QED) is 0.806. The summed E-state index contributed by atoms with van der Waals surface area (Å²) in [5.41, 5.74) is 1.94. The smallest absolute Gasteiger partial charge is 0.337 e. The molecule has 0 amide bonds. The molecule has 0 bridgehead atoms. The highest BCUT2D eigenvalue weighted by atomic mass is 16.5. The topological polar surface area (TPSA) is 46.5 Å². The molecule has 1 aromatic rings. The van der Waals surface area contributed by atoms with E-state index in [9.17, 15) is 4.79 Å². The molecule has 0 saturated carbocycles. The Kier molecular flexibility index (Phi) is 5.86. The summed E-state index contributed by atoms with van der Waals surface area (Å²) >= 11 is 0. The molecule has 0 aliphatic heterocycles. The first-order valence-electron chi connectivity index (χ1n) is 6.47. The van der Waals surface area contributed by atoms with E-state index in [0.29, 0.717) is 18.1 Å². The second kappa shape index (κ2) is 7.17. The summed E-state index contributed by atoms with van der Waals surface area (Å²) in [6, 6.07) is 7.68. The van der Waals surface area contributed by atoms with E-state index in [2.05, 4.69) is 13.8 Å². The van der Waals surface area contributed by atoms with Crippen molar-refractivity contribution in [1.82, 2.24) is 0 Å². The molecule has 100 valence electrons. The van der Waals surface area contributed by atoms with Gasteiger partial charge in [0.15, 0.2) is 6.10 Å². The van der Waals surface area contributed by atoms with Gasteiger partial charge < -0.3 is 9.84 Å². The third-order valence-corrected chi connectivity index (χ3v) is 2.64. The molecular weight excluding hydrogens is 228 g/mol. The van der Waals surface area contributed by atoms with Gasteiger partial charge in [0.1, 0.15) is 0 Å². The number of carbonyl (C=O) groups is 1. The monoisotopic (exact) mass is 250 g/mol. The molecule has 1 atom stereocenters. The fourth-order valence-electron chi connectivity index (χ4n) is 1.85. The van der Waals surface area contributed by atoms with Crippen LogP contribution in [0.4, 0.5) is 0 Å². The van der Waals surface area contributed by atoms with Gasteiger partial charge in [0, 0.05) is 6.61 Å². The molecule has 1 unspecified atom stereocenters. The predicted molar refractivity (Wildman–Crippen MR) is 71.6 cm³/mol. The van der Waals surface area contributed by atoms with E-state index in [1.165, 1.54) is 5.56 Å². The van der Waals surface area contributed by atoms with Crippen LogP contribution in [0.2, 0.25) is 0 Å². The maximum atomic E-state index is 11.1. The number of carboxylic acids is 1. The van der Waals surface area contributed by atoms with Crippen molar-refractivity contribution in [1.29, 1.82) is 0 Å². The van der Waals surface area contributed by atoms with Crippen LogP contribution in [-0.4, -0.2) is 17.7 Å². The molecule has 1 aromatic carbocycles. The summed E-state index contributed by atoms with van der Waals surface area (Å²) in [5.74, 6) is -0.331. The summed E-state index contributed by atoms with van der Waals surface area (Å²) in [7, 11) is 0. The van der Waals surface area contributed by atoms with Crippen LogP contribution >= 0.6 is 0 Å². The van der Waals surface area contributed by atoms with Crippen LogP contribution in [0, 0.1) is 5.92 Å². The predicted octanol–water partition coefficient (Wildman–Crippen LogP) is 3.44. The molecule has 0 fully saturated rings. The zero-order valence-corrected chi connectivity index (χ0v) is 11.3. The fourth-order valence-corrected chi connectivity index (χ4v) is 1.85. The minimum absolute atomic E-state index is 0.463. The lowest BCUT2D eigenvalue weighted by molar-refractivity contribution is -0.150. The molecule has 0 aliphatic rings. The first kappa shape index (κ1) is 14.7. The van der Waals surface area contributed by atoms with Gasteiger partial charge in [-0.15, -0.1) is 0 Å². The Hall–Kier alpha value is -1.35. The average molecular weight is 250 g/mol. The van der Waals surface area contributed by atoms with Gasteiger partial charge in [-0.25, -0.2) is 4.79 Å². The van der Waals surface area contributed by atoms with Crippen LogP contribution in [-0.2, 0) is 16.0 Å². The fraction of sp³-hybridized carbons (Fsp3) is 0.533. The van der Waals surface area contributed by atoms with Crippen molar-refractivity contribution >= 4 is 5.97 Å². The van der Waals surface area contributed by atoms with Gasteiger partial charge in [0.25, 0.3) is 0 Å². The third kappa shape index (κ3) is 4.49.